The minimum atomic E-state index is 0.621. The molecule has 4 aromatic rings. The summed E-state index contributed by atoms with van der Waals surface area (Å²) in [6, 6.07) is 20.4. The number of rotatable bonds is 2. The number of fused-ring (bicyclic) bond motifs is 1. The average Bonchev–Trinajstić information content (AvgIpc) is 2.94. The van der Waals surface area contributed by atoms with E-state index in [1.807, 2.05) is 49.5 Å². The standard InChI is InChI=1S/C18H14N4/c1-13-19-18-20-17(15-10-6-3-7-11-15)16(12-22(18)21-13)14-8-4-2-5-9-14/h2-12H,1H3. The zero-order valence-electron chi connectivity index (χ0n) is 12.1. The van der Waals surface area contributed by atoms with Crippen LogP contribution in [0.2, 0.25) is 0 Å². The Labute approximate surface area is 128 Å². The molecule has 0 N–H and O–H groups in total. The second-order valence-electron chi connectivity index (χ2n) is 5.14. The molecule has 0 bridgehead atoms. The lowest BCUT2D eigenvalue weighted by molar-refractivity contribution is 0.919. The van der Waals surface area contributed by atoms with Crippen LogP contribution in [0.3, 0.4) is 0 Å². The van der Waals surface area contributed by atoms with E-state index in [1.165, 1.54) is 0 Å². The van der Waals surface area contributed by atoms with Crippen molar-refractivity contribution in [1.82, 2.24) is 19.6 Å². The topological polar surface area (TPSA) is 43.1 Å². The molecule has 0 saturated carbocycles. The largest absolute Gasteiger partial charge is 0.252 e. The molecule has 4 heteroatoms. The van der Waals surface area contributed by atoms with E-state index in [-0.39, 0.29) is 0 Å². The van der Waals surface area contributed by atoms with Gasteiger partial charge in [-0.05, 0) is 12.5 Å². The Morgan fingerprint density at radius 1 is 0.773 bits per heavy atom. The average molecular weight is 286 g/mol. The van der Waals surface area contributed by atoms with Crippen molar-refractivity contribution in [3.05, 3.63) is 72.7 Å². The van der Waals surface area contributed by atoms with Crippen molar-refractivity contribution >= 4 is 5.78 Å². The van der Waals surface area contributed by atoms with E-state index in [0.29, 0.717) is 5.78 Å². The highest BCUT2D eigenvalue weighted by Crippen LogP contribution is 2.30. The Morgan fingerprint density at radius 3 is 2.09 bits per heavy atom. The fraction of sp³-hybridized carbons (Fsp3) is 0.0556. The minimum absolute atomic E-state index is 0.621. The summed E-state index contributed by atoms with van der Waals surface area (Å²) in [5.41, 5.74) is 4.16. The van der Waals surface area contributed by atoms with Crippen molar-refractivity contribution in [3.63, 3.8) is 0 Å². The molecule has 0 aliphatic rings. The van der Waals surface area contributed by atoms with Gasteiger partial charge in [-0.1, -0.05) is 60.7 Å². The van der Waals surface area contributed by atoms with Crippen LogP contribution in [0.1, 0.15) is 5.82 Å². The first kappa shape index (κ1) is 12.7. The van der Waals surface area contributed by atoms with Crippen molar-refractivity contribution in [2.45, 2.75) is 6.92 Å². The van der Waals surface area contributed by atoms with E-state index in [2.05, 4.69) is 34.3 Å². The van der Waals surface area contributed by atoms with Crippen LogP contribution in [0.5, 0.6) is 0 Å². The van der Waals surface area contributed by atoms with Crippen LogP contribution in [0.4, 0.5) is 0 Å². The van der Waals surface area contributed by atoms with Gasteiger partial charge in [-0.25, -0.2) is 9.50 Å². The van der Waals surface area contributed by atoms with Gasteiger partial charge in [0.1, 0.15) is 5.82 Å². The van der Waals surface area contributed by atoms with Gasteiger partial charge in [0.25, 0.3) is 5.78 Å². The number of benzene rings is 2. The number of nitrogens with zero attached hydrogens (tertiary/aromatic N) is 4. The van der Waals surface area contributed by atoms with Crippen LogP contribution in [0, 0.1) is 6.92 Å². The molecular weight excluding hydrogens is 272 g/mol. The van der Waals surface area contributed by atoms with Crippen LogP contribution >= 0.6 is 0 Å². The molecule has 0 aliphatic carbocycles. The highest BCUT2D eigenvalue weighted by molar-refractivity contribution is 5.81. The summed E-state index contributed by atoms with van der Waals surface area (Å²) < 4.78 is 1.74. The van der Waals surface area contributed by atoms with Gasteiger partial charge in [-0.2, -0.15) is 10.1 Å². The highest BCUT2D eigenvalue weighted by Gasteiger charge is 2.13. The first-order valence-corrected chi connectivity index (χ1v) is 7.16. The maximum absolute atomic E-state index is 4.73. The summed E-state index contributed by atoms with van der Waals surface area (Å²) in [6.45, 7) is 1.87. The maximum Gasteiger partial charge on any atom is 0.252 e. The lowest BCUT2D eigenvalue weighted by atomic mass is 10.0. The number of hydrogen-bond donors (Lipinski definition) is 0. The molecule has 2 aromatic carbocycles. The summed E-state index contributed by atoms with van der Waals surface area (Å²) in [7, 11) is 0. The van der Waals surface area contributed by atoms with Crippen molar-refractivity contribution in [1.29, 1.82) is 0 Å². The van der Waals surface area contributed by atoms with E-state index < -0.39 is 0 Å². The highest BCUT2D eigenvalue weighted by atomic mass is 15.3. The number of hydrogen-bond acceptors (Lipinski definition) is 3. The fourth-order valence-corrected chi connectivity index (χ4v) is 2.57. The Bertz CT molecular complexity index is 851. The van der Waals surface area contributed by atoms with Gasteiger partial charge in [-0.15, -0.1) is 0 Å². The molecule has 106 valence electrons. The lowest BCUT2D eigenvalue weighted by Crippen LogP contribution is -1.97. The molecule has 2 heterocycles. The number of aromatic nitrogens is 4. The SMILES string of the molecule is Cc1nc2nc(-c3ccccc3)c(-c3ccccc3)cn2n1. The van der Waals surface area contributed by atoms with Gasteiger partial charge >= 0.3 is 0 Å². The van der Waals surface area contributed by atoms with Gasteiger partial charge < -0.3 is 0 Å². The predicted octanol–water partition coefficient (Wildman–Crippen LogP) is 3.77. The van der Waals surface area contributed by atoms with Crippen molar-refractivity contribution in [2.75, 3.05) is 0 Å². The van der Waals surface area contributed by atoms with Crippen LogP contribution in [-0.4, -0.2) is 19.6 Å². The molecule has 4 nitrogen and oxygen atoms in total. The van der Waals surface area contributed by atoms with Crippen LogP contribution in [0.25, 0.3) is 28.2 Å². The molecule has 0 aliphatic heterocycles. The molecule has 0 fully saturated rings. The van der Waals surface area contributed by atoms with Crippen LogP contribution in [0.15, 0.2) is 66.9 Å². The third-order valence-corrected chi connectivity index (χ3v) is 3.57. The molecule has 4 rings (SSSR count). The first-order chi connectivity index (χ1) is 10.8. The Morgan fingerprint density at radius 2 is 1.41 bits per heavy atom. The monoisotopic (exact) mass is 286 g/mol. The van der Waals surface area contributed by atoms with E-state index >= 15 is 0 Å². The molecule has 0 atom stereocenters. The van der Waals surface area contributed by atoms with Gasteiger partial charge in [0.2, 0.25) is 0 Å². The smallest absolute Gasteiger partial charge is 0.210 e. The van der Waals surface area contributed by atoms with E-state index in [0.717, 1.165) is 28.2 Å². The summed E-state index contributed by atoms with van der Waals surface area (Å²) in [5.74, 6) is 1.34. The lowest BCUT2D eigenvalue weighted by Gasteiger charge is -2.09. The maximum atomic E-state index is 4.73. The summed E-state index contributed by atoms with van der Waals surface area (Å²) in [5, 5.41) is 4.38. The normalized spacial score (nSPS) is 11.0. The molecule has 2 aromatic heterocycles. The van der Waals surface area contributed by atoms with Crippen molar-refractivity contribution in [2.24, 2.45) is 0 Å². The van der Waals surface area contributed by atoms with Crippen molar-refractivity contribution in [3.8, 4) is 22.4 Å². The van der Waals surface area contributed by atoms with Gasteiger partial charge in [-0.3, -0.25) is 0 Å². The second-order valence-corrected chi connectivity index (χ2v) is 5.14. The zero-order chi connectivity index (χ0) is 14.9. The van der Waals surface area contributed by atoms with Crippen LogP contribution < -0.4 is 0 Å². The quantitative estimate of drug-likeness (QED) is 0.563. The second kappa shape index (κ2) is 5.07. The molecule has 0 saturated heterocycles. The summed E-state index contributed by atoms with van der Waals surface area (Å²) >= 11 is 0. The Hall–Kier alpha value is -3.01. The molecule has 0 amide bonds. The summed E-state index contributed by atoms with van der Waals surface area (Å²) in [4.78, 5) is 9.11. The van der Waals surface area contributed by atoms with Crippen molar-refractivity contribution < 1.29 is 0 Å². The molecule has 0 unspecified atom stereocenters. The molecule has 0 radical (unpaired) electrons. The van der Waals surface area contributed by atoms with Gasteiger partial charge in [0.05, 0.1) is 5.69 Å². The third kappa shape index (κ3) is 2.15. The van der Waals surface area contributed by atoms with E-state index in [1.54, 1.807) is 4.52 Å². The van der Waals surface area contributed by atoms with E-state index in [9.17, 15) is 0 Å². The predicted molar refractivity (Wildman–Crippen MR) is 86.4 cm³/mol. The third-order valence-electron chi connectivity index (χ3n) is 3.57. The molecular formula is C18H14N4. The fourth-order valence-electron chi connectivity index (χ4n) is 2.57. The molecule has 22 heavy (non-hydrogen) atoms. The van der Waals surface area contributed by atoms with Gasteiger partial charge in [0, 0.05) is 17.3 Å². The molecule has 0 spiro atoms. The summed E-state index contributed by atoms with van der Waals surface area (Å²) in [6.07, 6.45) is 2.00. The minimum Gasteiger partial charge on any atom is -0.210 e. The van der Waals surface area contributed by atoms with Crippen LogP contribution in [-0.2, 0) is 0 Å². The number of aryl methyl sites for hydroxylation is 1. The van der Waals surface area contributed by atoms with E-state index in [4.69, 9.17) is 4.98 Å². The Kier molecular flexibility index (Phi) is 2.93. The zero-order valence-corrected chi connectivity index (χ0v) is 12.1. The first-order valence-electron chi connectivity index (χ1n) is 7.16. The Balaban J connectivity index is 2.04. The van der Waals surface area contributed by atoms with Gasteiger partial charge in [0.15, 0.2) is 0 Å².